The van der Waals surface area contributed by atoms with E-state index in [9.17, 15) is 8.78 Å². The van der Waals surface area contributed by atoms with E-state index in [4.69, 9.17) is 5.73 Å². The van der Waals surface area contributed by atoms with Gasteiger partial charge in [-0.1, -0.05) is 0 Å². The van der Waals surface area contributed by atoms with Crippen LogP contribution < -0.4 is 11.1 Å². The lowest BCUT2D eigenvalue weighted by Gasteiger charge is -2.22. The third-order valence-electron chi connectivity index (χ3n) is 5.03. The summed E-state index contributed by atoms with van der Waals surface area (Å²) < 4.78 is 30.8. The summed E-state index contributed by atoms with van der Waals surface area (Å²) >= 11 is 0. The Hall–Kier alpha value is -2.80. The number of aliphatic imine (C=N–C) groups is 1. The van der Waals surface area contributed by atoms with Crippen LogP contribution in [0.4, 0.5) is 14.5 Å². The Kier molecular flexibility index (Phi) is 4.61. The fourth-order valence-electron chi connectivity index (χ4n) is 3.59. The van der Waals surface area contributed by atoms with Gasteiger partial charge in [0.2, 0.25) is 0 Å². The quantitative estimate of drug-likeness (QED) is 0.548. The Morgan fingerprint density at radius 3 is 2.59 bits per heavy atom. The molecular weight excluding hydrogens is 348 g/mol. The van der Waals surface area contributed by atoms with Crippen LogP contribution in [0, 0.1) is 11.6 Å². The van der Waals surface area contributed by atoms with E-state index >= 15 is 0 Å². The van der Waals surface area contributed by atoms with Crippen LogP contribution in [0.15, 0.2) is 35.5 Å². The molecule has 27 heavy (non-hydrogen) atoms. The highest BCUT2D eigenvalue weighted by Crippen LogP contribution is 2.31. The Morgan fingerprint density at radius 2 is 1.85 bits per heavy atom. The smallest absolute Gasteiger partial charge is 0.151 e. The molecule has 3 aromatic rings. The normalized spacial score (nSPS) is 15.8. The van der Waals surface area contributed by atoms with E-state index in [0.29, 0.717) is 27.6 Å². The van der Waals surface area contributed by atoms with Crippen molar-refractivity contribution in [3.8, 4) is 11.1 Å². The molecule has 0 aliphatic carbocycles. The van der Waals surface area contributed by atoms with Gasteiger partial charge in [-0.3, -0.25) is 9.67 Å². The highest BCUT2D eigenvalue weighted by Gasteiger charge is 2.18. The topological polar surface area (TPSA) is 68.2 Å². The average molecular weight is 369 g/mol. The zero-order chi connectivity index (χ0) is 19.0. The number of anilines is 1. The van der Waals surface area contributed by atoms with E-state index < -0.39 is 11.6 Å². The van der Waals surface area contributed by atoms with Crippen LogP contribution in [-0.2, 0) is 0 Å². The number of hydrogen-bond acceptors (Lipinski definition) is 4. The van der Waals surface area contributed by atoms with Crippen molar-refractivity contribution in [2.24, 2.45) is 4.99 Å². The van der Waals surface area contributed by atoms with Gasteiger partial charge in [0.15, 0.2) is 5.82 Å². The number of nitrogens with two attached hydrogens (primary N) is 1. The van der Waals surface area contributed by atoms with E-state index in [1.54, 1.807) is 13.1 Å². The van der Waals surface area contributed by atoms with Crippen molar-refractivity contribution in [3.05, 3.63) is 47.7 Å². The van der Waals surface area contributed by atoms with Crippen LogP contribution in [0.5, 0.6) is 0 Å². The van der Waals surface area contributed by atoms with E-state index in [2.05, 4.69) is 15.4 Å². The summed E-state index contributed by atoms with van der Waals surface area (Å²) in [6.45, 7) is 1.86. The molecule has 0 atom stereocenters. The zero-order valence-electron chi connectivity index (χ0n) is 15.0. The van der Waals surface area contributed by atoms with Gasteiger partial charge in [-0.05, 0) is 61.3 Å². The summed E-state index contributed by atoms with van der Waals surface area (Å²) in [5, 5.41) is 8.46. The minimum atomic E-state index is -0.548. The Morgan fingerprint density at radius 1 is 1.15 bits per heavy atom. The maximum Gasteiger partial charge on any atom is 0.151 e. The molecule has 2 heterocycles. The maximum absolute atomic E-state index is 14.7. The molecule has 0 unspecified atom stereocenters. The summed E-state index contributed by atoms with van der Waals surface area (Å²) in [6, 6.07) is 6.52. The minimum Gasteiger partial charge on any atom is -0.396 e. The number of halogens is 2. The number of nitrogen functional groups attached to an aromatic ring is 1. The predicted molar refractivity (Wildman–Crippen MR) is 104 cm³/mol. The number of benzene rings is 2. The molecule has 140 valence electrons. The molecule has 0 radical (unpaired) electrons. The monoisotopic (exact) mass is 369 g/mol. The molecule has 1 aromatic heterocycles. The summed E-state index contributed by atoms with van der Waals surface area (Å²) in [5.41, 5.74) is 7.73. The number of rotatable bonds is 3. The van der Waals surface area contributed by atoms with Gasteiger partial charge < -0.3 is 11.1 Å². The molecule has 3 N–H and O–H groups in total. The van der Waals surface area contributed by atoms with Crippen molar-refractivity contribution in [2.45, 2.75) is 18.9 Å². The number of aromatic nitrogens is 2. The van der Waals surface area contributed by atoms with Crippen LogP contribution in [-0.4, -0.2) is 36.1 Å². The van der Waals surface area contributed by atoms with E-state index in [-0.39, 0.29) is 11.7 Å². The van der Waals surface area contributed by atoms with Gasteiger partial charge in [-0.2, -0.15) is 5.10 Å². The number of piperidine rings is 1. The van der Waals surface area contributed by atoms with Crippen molar-refractivity contribution in [2.75, 3.05) is 25.9 Å². The van der Waals surface area contributed by atoms with Gasteiger partial charge in [0.1, 0.15) is 11.3 Å². The molecule has 1 fully saturated rings. The van der Waals surface area contributed by atoms with Gasteiger partial charge in [0.05, 0.1) is 11.7 Å². The summed E-state index contributed by atoms with van der Waals surface area (Å²) in [4.78, 5) is 3.90. The molecule has 0 spiro atoms. The Balaban J connectivity index is 1.79. The number of hydrogen-bond donors (Lipinski definition) is 2. The van der Waals surface area contributed by atoms with Crippen molar-refractivity contribution < 1.29 is 8.78 Å². The van der Waals surface area contributed by atoms with Gasteiger partial charge in [0.25, 0.3) is 0 Å². The van der Waals surface area contributed by atoms with E-state index in [1.807, 2.05) is 16.9 Å². The zero-order valence-corrected chi connectivity index (χ0v) is 15.0. The molecule has 0 bridgehead atoms. The van der Waals surface area contributed by atoms with Crippen molar-refractivity contribution in [1.82, 2.24) is 15.1 Å². The highest BCUT2D eigenvalue weighted by atomic mass is 19.1. The van der Waals surface area contributed by atoms with Gasteiger partial charge in [-0.25, -0.2) is 8.78 Å². The largest absolute Gasteiger partial charge is 0.396 e. The molecule has 2 aromatic carbocycles. The van der Waals surface area contributed by atoms with Crippen molar-refractivity contribution in [1.29, 1.82) is 0 Å². The Labute approximate surface area is 155 Å². The highest BCUT2D eigenvalue weighted by molar-refractivity contribution is 5.91. The summed E-state index contributed by atoms with van der Waals surface area (Å²) in [5.74, 6) is -0.966. The van der Waals surface area contributed by atoms with Crippen LogP contribution in [0.1, 0.15) is 24.4 Å². The number of nitrogens with zero attached hydrogens (tertiary/aromatic N) is 3. The first kappa shape index (κ1) is 17.6. The second-order valence-electron chi connectivity index (χ2n) is 6.83. The first-order chi connectivity index (χ1) is 13.1. The SMILES string of the molecule is CN=Cc1cc(-c2cc(F)c3nn(C4CCNCC4)cc3c2)cc(F)c1N. The summed E-state index contributed by atoms with van der Waals surface area (Å²) in [6.07, 6.45) is 5.29. The van der Waals surface area contributed by atoms with Gasteiger partial charge in [-0.15, -0.1) is 0 Å². The molecule has 1 saturated heterocycles. The fourth-order valence-corrected chi connectivity index (χ4v) is 3.59. The molecule has 0 amide bonds. The number of nitrogens with one attached hydrogen (secondary N) is 1. The second-order valence-corrected chi connectivity index (χ2v) is 6.83. The minimum absolute atomic E-state index is 0.0321. The lowest BCUT2D eigenvalue weighted by atomic mass is 10.0. The van der Waals surface area contributed by atoms with Gasteiger partial charge >= 0.3 is 0 Å². The van der Waals surface area contributed by atoms with Crippen molar-refractivity contribution in [3.63, 3.8) is 0 Å². The molecule has 4 rings (SSSR count). The van der Waals surface area contributed by atoms with Crippen LogP contribution in [0.2, 0.25) is 0 Å². The fraction of sp³-hybridized carbons (Fsp3) is 0.300. The van der Waals surface area contributed by atoms with Crippen LogP contribution in [0.3, 0.4) is 0 Å². The standard InChI is InChI=1S/C20H21F2N5/c1-24-10-14-6-12(8-17(21)19(14)23)13-7-15-11-27(16-2-4-25-5-3-16)26-20(15)18(22)9-13/h6-11,16,25H,2-5,23H2,1H3. The average Bonchev–Trinajstić information content (AvgIpc) is 3.11. The molecule has 1 aliphatic rings. The number of fused-ring (bicyclic) bond motifs is 1. The first-order valence-electron chi connectivity index (χ1n) is 8.97. The summed E-state index contributed by atoms with van der Waals surface area (Å²) in [7, 11) is 1.59. The molecule has 1 aliphatic heterocycles. The Bertz CT molecular complexity index is 1020. The lowest BCUT2D eigenvalue weighted by molar-refractivity contribution is 0.344. The van der Waals surface area contributed by atoms with Gasteiger partial charge in [0, 0.05) is 30.4 Å². The molecule has 7 heteroatoms. The lowest BCUT2D eigenvalue weighted by Crippen LogP contribution is -2.29. The third kappa shape index (κ3) is 3.30. The molecular formula is C20H21F2N5. The third-order valence-corrected chi connectivity index (χ3v) is 5.03. The first-order valence-corrected chi connectivity index (χ1v) is 8.97. The predicted octanol–water partition coefficient (Wildman–Crippen LogP) is 3.54. The van der Waals surface area contributed by atoms with E-state index in [1.165, 1.54) is 18.3 Å². The molecule has 0 saturated carbocycles. The van der Waals surface area contributed by atoms with Crippen LogP contribution >= 0.6 is 0 Å². The van der Waals surface area contributed by atoms with Crippen molar-refractivity contribution >= 4 is 22.8 Å². The molecule has 5 nitrogen and oxygen atoms in total. The maximum atomic E-state index is 14.7. The van der Waals surface area contributed by atoms with Crippen LogP contribution in [0.25, 0.3) is 22.0 Å². The second kappa shape index (κ2) is 7.08. The van der Waals surface area contributed by atoms with E-state index in [0.717, 1.165) is 25.9 Å².